The molecule has 1 aliphatic rings. The Kier molecular flexibility index (Phi) is 6.14. The van der Waals surface area contributed by atoms with Crippen LogP contribution in [0.25, 0.3) is 12.2 Å². The van der Waals surface area contributed by atoms with E-state index in [1.54, 1.807) is 6.07 Å². The van der Waals surface area contributed by atoms with Crippen LogP contribution in [0.5, 0.6) is 0 Å². The van der Waals surface area contributed by atoms with Crippen LogP contribution in [-0.2, 0) is 10.7 Å². The second kappa shape index (κ2) is 8.45. The summed E-state index contributed by atoms with van der Waals surface area (Å²) in [6.07, 6.45) is 0.670. The van der Waals surface area contributed by atoms with Gasteiger partial charge in [0.2, 0.25) is 5.95 Å². The summed E-state index contributed by atoms with van der Waals surface area (Å²) in [5, 5.41) is 6.44. The van der Waals surface area contributed by atoms with E-state index in [2.05, 4.69) is 15.3 Å². The number of nitrogens with zero attached hydrogens (tertiary/aromatic N) is 1. The number of benzene rings is 1. The minimum atomic E-state index is -4.99. The zero-order chi connectivity index (χ0) is 21.9. The summed E-state index contributed by atoms with van der Waals surface area (Å²) in [5.41, 5.74) is 0.226. The van der Waals surface area contributed by atoms with Gasteiger partial charge >= 0.3 is 12.1 Å². The predicted molar refractivity (Wildman–Crippen MR) is 102 cm³/mol. The molecule has 0 bridgehead atoms. The standard InChI is InChI=1S/C20H21F5N4O/c1-19(21,22)13-6-4-5-12(11-13)14(9-10-26-17(30)20(23,24)25)27-18-28-15-7-2-3-8-16(15)29-18/h4-8,11,14H,2-3,9-10H2,1H3,(H,26,30)(H2,27,28,29). The number of aromatic amines is 1. The number of amides is 1. The zero-order valence-electron chi connectivity index (χ0n) is 16.1. The van der Waals surface area contributed by atoms with Crippen LogP contribution in [-0.4, -0.2) is 28.6 Å². The molecule has 2 aromatic rings. The summed E-state index contributed by atoms with van der Waals surface area (Å²) in [7, 11) is 0. The van der Waals surface area contributed by atoms with Crippen molar-refractivity contribution in [1.29, 1.82) is 0 Å². The number of carbonyl (C=O) groups excluding carboxylic acids is 1. The van der Waals surface area contributed by atoms with Crippen molar-refractivity contribution in [3.63, 3.8) is 0 Å². The minimum Gasteiger partial charge on any atom is -0.349 e. The summed E-state index contributed by atoms with van der Waals surface area (Å²) in [6.45, 7) is 0.464. The summed E-state index contributed by atoms with van der Waals surface area (Å²) in [6, 6.07) is 4.97. The van der Waals surface area contributed by atoms with Gasteiger partial charge in [0.1, 0.15) is 0 Å². The number of hydrogen-bond acceptors (Lipinski definition) is 3. The summed E-state index contributed by atoms with van der Waals surface area (Å²) >= 11 is 0. The van der Waals surface area contributed by atoms with Crippen molar-refractivity contribution < 1.29 is 26.7 Å². The molecule has 0 spiro atoms. The SMILES string of the molecule is CC(F)(F)c1cccc(C(CCNC(=O)C(F)(F)F)Nc2nc3c([nH]2)=CCCC=3)c1. The number of hydrogen-bond donors (Lipinski definition) is 3. The van der Waals surface area contributed by atoms with Crippen LogP contribution >= 0.6 is 0 Å². The minimum absolute atomic E-state index is 0.0271. The number of aromatic nitrogens is 2. The van der Waals surface area contributed by atoms with Gasteiger partial charge in [-0.15, -0.1) is 0 Å². The normalized spacial score (nSPS) is 14.9. The lowest BCUT2D eigenvalue weighted by Crippen LogP contribution is -2.38. The number of imidazole rings is 1. The van der Waals surface area contributed by atoms with Gasteiger partial charge in [-0.1, -0.05) is 30.4 Å². The lowest BCUT2D eigenvalue weighted by molar-refractivity contribution is -0.173. The quantitative estimate of drug-likeness (QED) is 0.594. The number of rotatable bonds is 7. The number of fused-ring (bicyclic) bond motifs is 1. The Balaban J connectivity index is 1.83. The van der Waals surface area contributed by atoms with E-state index in [-0.39, 0.29) is 18.5 Å². The van der Waals surface area contributed by atoms with Crippen LogP contribution in [0.4, 0.5) is 27.9 Å². The zero-order valence-corrected chi connectivity index (χ0v) is 16.1. The predicted octanol–water partition coefficient (Wildman–Crippen LogP) is 3.10. The summed E-state index contributed by atoms with van der Waals surface area (Å²) in [4.78, 5) is 18.6. The van der Waals surface area contributed by atoms with E-state index in [4.69, 9.17) is 0 Å². The molecule has 1 unspecified atom stereocenters. The van der Waals surface area contributed by atoms with Crippen LogP contribution in [0, 0.1) is 0 Å². The van der Waals surface area contributed by atoms with Gasteiger partial charge < -0.3 is 15.6 Å². The molecular weight excluding hydrogens is 407 g/mol. The first kappa shape index (κ1) is 21.8. The maximum atomic E-state index is 13.7. The van der Waals surface area contributed by atoms with Crippen LogP contribution in [0.2, 0.25) is 0 Å². The van der Waals surface area contributed by atoms with Crippen LogP contribution < -0.4 is 21.3 Å². The van der Waals surface area contributed by atoms with Crippen molar-refractivity contribution in [2.45, 2.75) is 44.3 Å². The second-order valence-corrected chi connectivity index (χ2v) is 7.12. The molecule has 1 aromatic heterocycles. The highest BCUT2D eigenvalue weighted by molar-refractivity contribution is 5.81. The molecule has 0 fully saturated rings. The van der Waals surface area contributed by atoms with Gasteiger partial charge in [-0.3, -0.25) is 4.79 Å². The molecule has 1 aromatic carbocycles. The van der Waals surface area contributed by atoms with Crippen molar-refractivity contribution in [2.75, 3.05) is 11.9 Å². The fourth-order valence-electron chi connectivity index (χ4n) is 3.17. The molecule has 3 N–H and O–H groups in total. The van der Waals surface area contributed by atoms with E-state index in [0.29, 0.717) is 11.5 Å². The third kappa shape index (κ3) is 5.37. The summed E-state index contributed by atoms with van der Waals surface area (Å²) in [5.74, 6) is -4.75. The Labute approximate surface area is 169 Å². The van der Waals surface area contributed by atoms with Crippen LogP contribution in [0.15, 0.2) is 24.3 Å². The smallest absolute Gasteiger partial charge is 0.349 e. The molecule has 10 heteroatoms. The fourth-order valence-corrected chi connectivity index (χ4v) is 3.17. The van der Waals surface area contributed by atoms with Crippen molar-refractivity contribution in [2.24, 2.45) is 0 Å². The molecule has 162 valence electrons. The average molecular weight is 428 g/mol. The highest BCUT2D eigenvalue weighted by atomic mass is 19.4. The molecule has 0 aliphatic heterocycles. The maximum absolute atomic E-state index is 13.7. The Bertz CT molecular complexity index is 990. The van der Waals surface area contributed by atoms with Crippen LogP contribution in [0.3, 0.4) is 0 Å². The molecule has 1 heterocycles. The van der Waals surface area contributed by atoms with E-state index in [1.165, 1.54) is 18.2 Å². The van der Waals surface area contributed by atoms with Crippen molar-refractivity contribution in [3.05, 3.63) is 46.1 Å². The van der Waals surface area contributed by atoms with E-state index >= 15 is 0 Å². The van der Waals surface area contributed by atoms with E-state index in [1.807, 2.05) is 17.5 Å². The first-order valence-corrected chi connectivity index (χ1v) is 9.40. The number of halogens is 5. The van der Waals surface area contributed by atoms with Gasteiger partial charge in [0, 0.05) is 19.0 Å². The van der Waals surface area contributed by atoms with Gasteiger partial charge in [-0.2, -0.15) is 13.2 Å². The first-order valence-electron chi connectivity index (χ1n) is 9.40. The second-order valence-electron chi connectivity index (χ2n) is 7.12. The Morgan fingerprint density at radius 1 is 1.20 bits per heavy atom. The molecule has 0 saturated heterocycles. The molecule has 1 amide bonds. The van der Waals surface area contributed by atoms with Gasteiger partial charge in [-0.25, -0.2) is 13.8 Å². The Morgan fingerprint density at radius 3 is 2.60 bits per heavy atom. The van der Waals surface area contributed by atoms with Gasteiger partial charge in [-0.05, 0) is 30.9 Å². The van der Waals surface area contributed by atoms with Gasteiger partial charge in [0.25, 0.3) is 5.92 Å². The number of anilines is 1. The number of carbonyl (C=O) groups is 1. The van der Waals surface area contributed by atoms with Gasteiger partial charge in [0.05, 0.1) is 16.7 Å². The topological polar surface area (TPSA) is 69.8 Å². The van der Waals surface area contributed by atoms with Crippen molar-refractivity contribution >= 4 is 24.0 Å². The molecule has 1 aliphatic carbocycles. The molecule has 0 radical (unpaired) electrons. The molecule has 5 nitrogen and oxygen atoms in total. The third-order valence-corrected chi connectivity index (χ3v) is 4.70. The Morgan fingerprint density at radius 2 is 1.93 bits per heavy atom. The van der Waals surface area contributed by atoms with Gasteiger partial charge in [0.15, 0.2) is 0 Å². The average Bonchev–Trinajstić information content (AvgIpc) is 3.08. The van der Waals surface area contributed by atoms with E-state index in [0.717, 1.165) is 30.5 Å². The number of alkyl halides is 5. The monoisotopic (exact) mass is 428 g/mol. The fraction of sp³-hybridized carbons (Fsp3) is 0.400. The number of H-pyrrole nitrogens is 1. The summed E-state index contributed by atoms with van der Waals surface area (Å²) < 4.78 is 64.8. The highest BCUT2D eigenvalue weighted by Crippen LogP contribution is 2.30. The van der Waals surface area contributed by atoms with Crippen molar-refractivity contribution in [3.8, 4) is 0 Å². The van der Waals surface area contributed by atoms with Crippen molar-refractivity contribution in [1.82, 2.24) is 15.3 Å². The Hall–Kier alpha value is -2.91. The molecular formula is C20H21F5N4O. The maximum Gasteiger partial charge on any atom is 0.471 e. The lowest BCUT2D eigenvalue weighted by Gasteiger charge is -2.21. The lowest BCUT2D eigenvalue weighted by atomic mass is 9.99. The molecule has 3 rings (SSSR count). The highest BCUT2D eigenvalue weighted by Gasteiger charge is 2.38. The van der Waals surface area contributed by atoms with E-state index < -0.39 is 24.0 Å². The molecule has 0 saturated carbocycles. The molecule has 30 heavy (non-hydrogen) atoms. The largest absolute Gasteiger partial charge is 0.471 e. The van der Waals surface area contributed by atoms with Crippen LogP contribution in [0.1, 0.15) is 43.4 Å². The molecule has 1 atom stereocenters. The van der Waals surface area contributed by atoms with E-state index in [9.17, 15) is 26.7 Å². The third-order valence-electron chi connectivity index (χ3n) is 4.70. The first-order chi connectivity index (χ1) is 14.0. The number of nitrogens with one attached hydrogen (secondary N) is 3.